The fourth-order valence-electron chi connectivity index (χ4n) is 0.529. The summed E-state index contributed by atoms with van der Waals surface area (Å²) in [7, 11) is 0. The second-order valence-electron chi connectivity index (χ2n) is 2.64. The molecular weight excluding hydrogens is 120 g/mol. The highest BCUT2D eigenvalue weighted by atomic mass is 13.9. The van der Waals surface area contributed by atoms with Crippen LogP contribution >= 0.6 is 0 Å². The second-order valence-corrected chi connectivity index (χ2v) is 2.64. The largest absolute Gasteiger partial charge is 0.120 e. The molecule has 0 heteroatoms. The first-order valence-corrected chi connectivity index (χ1v) is 3.41. The zero-order valence-electron chi connectivity index (χ0n) is 6.94. The summed E-state index contributed by atoms with van der Waals surface area (Å²) in [5.41, 5.74) is 2.54. The van der Waals surface area contributed by atoms with Crippen molar-refractivity contribution in [2.24, 2.45) is 0 Å². The number of terminal acetylenes is 1. The van der Waals surface area contributed by atoms with Crippen LogP contribution in [0, 0.1) is 12.3 Å². The van der Waals surface area contributed by atoms with E-state index in [9.17, 15) is 0 Å². The molecule has 0 radical (unpaired) electrons. The first-order valence-electron chi connectivity index (χ1n) is 3.41. The summed E-state index contributed by atoms with van der Waals surface area (Å²) in [5, 5.41) is 0. The molecule has 0 atom stereocenters. The van der Waals surface area contributed by atoms with Gasteiger partial charge in [0.05, 0.1) is 0 Å². The minimum Gasteiger partial charge on any atom is -0.120 e. The van der Waals surface area contributed by atoms with Crippen molar-refractivity contribution in [3.63, 3.8) is 0 Å². The molecule has 0 fully saturated rings. The third-order valence-electron chi connectivity index (χ3n) is 1.08. The van der Waals surface area contributed by atoms with Crippen molar-refractivity contribution in [1.82, 2.24) is 0 Å². The van der Waals surface area contributed by atoms with Crippen LogP contribution in [0.3, 0.4) is 0 Å². The lowest BCUT2D eigenvalue weighted by atomic mass is 10.2. The summed E-state index contributed by atoms with van der Waals surface area (Å²) in [4.78, 5) is 0. The minimum absolute atomic E-state index is 0.754. The number of allylic oxidation sites excluding steroid dienone is 4. The molecule has 0 aromatic carbocycles. The molecule has 0 heterocycles. The summed E-state index contributed by atoms with van der Waals surface area (Å²) in [6.07, 6.45) is 10.0. The van der Waals surface area contributed by atoms with E-state index in [2.05, 4.69) is 31.9 Å². The fourth-order valence-corrected chi connectivity index (χ4v) is 0.529. The Balaban J connectivity index is 3.95. The predicted molar refractivity (Wildman–Crippen MR) is 46.6 cm³/mol. The van der Waals surface area contributed by atoms with Crippen molar-refractivity contribution in [2.45, 2.75) is 27.2 Å². The SMILES string of the molecule is C#CC/C(C)=C\C=C(C)C. The molecule has 0 N–H and O–H groups in total. The van der Waals surface area contributed by atoms with Crippen LogP contribution in [0.1, 0.15) is 27.2 Å². The van der Waals surface area contributed by atoms with Crippen LogP contribution < -0.4 is 0 Å². The molecule has 0 aromatic rings. The van der Waals surface area contributed by atoms with E-state index in [-0.39, 0.29) is 0 Å². The third kappa shape index (κ3) is 5.18. The molecule has 0 saturated carbocycles. The Morgan fingerprint density at radius 2 is 1.90 bits per heavy atom. The molecule has 0 nitrogen and oxygen atoms in total. The molecule has 0 aliphatic carbocycles. The van der Waals surface area contributed by atoms with E-state index in [1.807, 2.05) is 6.92 Å². The topological polar surface area (TPSA) is 0 Å². The Hall–Kier alpha value is -0.960. The smallest absolute Gasteiger partial charge is 0.0296 e. The lowest BCUT2D eigenvalue weighted by Crippen LogP contribution is -1.71. The average Bonchev–Trinajstić information content (AvgIpc) is 1.85. The molecule has 0 amide bonds. The molecule has 54 valence electrons. The molecule has 0 aliphatic heterocycles. The number of rotatable bonds is 2. The molecule has 0 unspecified atom stereocenters. The molecule has 0 spiro atoms. The lowest BCUT2D eigenvalue weighted by Gasteiger charge is -1.89. The summed E-state index contributed by atoms with van der Waals surface area (Å²) < 4.78 is 0. The summed E-state index contributed by atoms with van der Waals surface area (Å²) in [6, 6.07) is 0. The summed E-state index contributed by atoms with van der Waals surface area (Å²) in [6.45, 7) is 6.18. The zero-order chi connectivity index (χ0) is 7.98. The standard InChI is InChI=1S/C10H14/c1-5-6-10(4)8-7-9(2)3/h1,7-8H,6H2,2-4H3/b10-8-. The van der Waals surface area contributed by atoms with Crippen molar-refractivity contribution >= 4 is 0 Å². The van der Waals surface area contributed by atoms with Gasteiger partial charge in [-0.25, -0.2) is 0 Å². The second kappa shape index (κ2) is 4.88. The van der Waals surface area contributed by atoms with Crippen molar-refractivity contribution in [3.8, 4) is 12.3 Å². The van der Waals surface area contributed by atoms with Gasteiger partial charge in [-0.05, 0) is 20.8 Å². The molecule has 0 bridgehead atoms. The van der Waals surface area contributed by atoms with Gasteiger partial charge in [0.15, 0.2) is 0 Å². The van der Waals surface area contributed by atoms with Crippen LogP contribution in [0.5, 0.6) is 0 Å². The maximum Gasteiger partial charge on any atom is 0.0296 e. The van der Waals surface area contributed by atoms with Crippen molar-refractivity contribution < 1.29 is 0 Å². The van der Waals surface area contributed by atoms with Gasteiger partial charge in [0.25, 0.3) is 0 Å². The Kier molecular flexibility index (Phi) is 4.41. The maximum absolute atomic E-state index is 5.12. The first kappa shape index (κ1) is 9.04. The Labute approximate surface area is 63.6 Å². The predicted octanol–water partition coefficient (Wildman–Crippen LogP) is 2.92. The van der Waals surface area contributed by atoms with Gasteiger partial charge >= 0.3 is 0 Å². The molecular formula is C10H14. The molecule has 0 rings (SSSR count). The Morgan fingerprint density at radius 1 is 1.30 bits per heavy atom. The average molecular weight is 134 g/mol. The Bertz CT molecular complexity index is 183. The molecule has 0 saturated heterocycles. The molecule has 0 aromatic heterocycles. The monoisotopic (exact) mass is 134 g/mol. The van der Waals surface area contributed by atoms with Crippen LogP contribution in [0.25, 0.3) is 0 Å². The van der Waals surface area contributed by atoms with Crippen LogP contribution in [-0.4, -0.2) is 0 Å². The van der Waals surface area contributed by atoms with Gasteiger partial charge in [0.2, 0.25) is 0 Å². The highest BCUT2D eigenvalue weighted by molar-refractivity contribution is 5.17. The van der Waals surface area contributed by atoms with Gasteiger partial charge in [-0.3, -0.25) is 0 Å². The maximum atomic E-state index is 5.12. The van der Waals surface area contributed by atoms with E-state index >= 15 is 0 Å². The van der Waals surface area contributed by atoms with Crippen molar-refractivity contribution in [3.05, 3.63) is 23.3 Å². The van der Waals surface area contributed by atoms with E-state index in [4.69, 9.17) is 6.42 Å². The van der Waals surface area contributed by atoms with E-state index < -0.39 is 0 Å². The minimum atomic E-state index is 0.754. The highest BCUT2D eigenvalue weighted by Crippen LogP contribution is 1.99. The van der Waals surface area contributed by atoms with E-state index in [1.54, 1.807) is 0 Å². The lowest BCUT2D eigenvalue weighted by molar-refractivity contribution is 1.25. The first-order chi connectivity index (χ1) is 4.66. The van der Waals surface area contributed by atoms with Gasteiger partial charge in [-0.1, -0.05) is 23.3 Å². The van der Waals surface area contributed by atoms with Gasteiger partial charge in [0, 0.05) is 6.42 Å². The van der Waals surface area contributed by atoms with Crippen LogP contribution in [0.4, 0.5) is 0 Å². The fraction of sp³-hybridized carbons (Fsp3) is 0.400. The van der Waals surface area contributed by atoms with E-state index in [0.717, 1.165) is 6.42 Å². The zero-order valence-corrected chi connectivity index (χ0v) is 6.94. The highest BCUT2D eigenvalue weighted by Gasteiger charge is 1.80. The van der Waals surface area contributed by atoms with Gasteiger partial charge < -0.3 is 0 Å². The Morgan fingerprint density at radius 3 is 2.30 bits per heavy atom. The van der Waals surface area contributed by atoms with Gasteiger partial charge in [-0.2, -0.15) is 0 Å². The quantitative estimate of drug-likeness (QED) is 0.402. The van der Waals surface area contributed by atoms with Crippen LogP contribution in [0.15, 0.2) is 23.3 Å². The normalized spacial score (nSPS) is 10.4. The number of hydrogen-bond donors (Lipinski definition) is 0. The summed E-state index contributed by atoms with van der Waals surface area (Å²) >= 11 is 0. The van der Waals surface area contributed by atoms with E-state index in [1.165, 1.54) is 11.1 Å². The van der Waals surface area contributed by atoms with E-state index in [0.29, 0.717) is 0 Å². The summed E-state index contributed by atoms with van der Waals surface area (Å²) in [5.74, 6) is 2.59. The van der Waals surface area contributed by atoms with Gasteiger partial charge in [0.1, 0.15) is 0 Å². The third-order valence-corrected chi connectivity index (χ3v) is 1.08. The van der Waals surface area contributed by atoms with Crippen LogP contribution in [-0.2, 0) is 0 Å². The van der Waals surface area contributed by atoms with Crippen molar-refractivity contribution in [2.75, 3.05) is 0 Å². The molecule has 0 aliphatic rings. The number of hydrogen-bond acceptors (Lipinski definition) is 0. The van der Waals surface area contributed by atoms with Gasteiger partial charge in [-0.15, -0.1) is 12.3 Å². The van der Waals surface area contributed by atoms with Crippen molar-refractivity contribution in [1.29, 1.82) is 0 Å². The van der Waals surface area contributed by atoms with Crippen LogP contribution in [0.2, 0.25) is 0 Å². The molecule has 10 heavy (non-hydrogen) atoms.